The average molecular weight is 599 g/mol. The molecule has 0 aromatic rings. The van der Waals surface area contributed by atoms with Crippen LogP contribution in [0.4, 0.5) is 0 Å². The minimum atomic E-state index is -1.13. The first-order valence-electron chi connectivity index (χ1n) is 13.6. The minimum absolute atomic E-state index is 0.116. The maximum Gasteiger partial charge on any atom is 0.312 e. The number of carbonyl (C=O) groups excluding carboxylic acids is 3. The third-order valence-electron chi connectivity index (χ3n) is 8.10. The molecule has 0 aromatic carbocycles. The Morgan fingerprint density at radius 2 is 1.97 bits per heavy atom. The third kappa shape index (κ3) is 5.58. The van der Waals surface area contributed by atoms with Crippen molar-refractivity contribution in [3.05, 3.63) is 25.3 Å². The van der Waals surface area contributed by atoms with Gasteiger partial charge in [-0.3, -0.25) is 19.3 Å². The molecule has 0 aromatic heterocycles. The summed E-state index contributed by atoms with van der Waals surface area (Å²) in [6.45, 7) is 12.3. The Kier molecular flexibility index (Phi) is 10.0. The molecule has 4 fully saturated rings. The summed E-state index contributed by atoms with van der Waals surface area (Å²) in [6.07, 6.45) is 5.04. The van der Waals surface area contributed by atoms with Crippen LogP contribution in [0.2, 0.25) is 0 Å². The van der Waals surface area contributed by atoms with Crippen LogP contribution in [0, 0.1) is 11.8 Å². The van der Waals surface area contributed by atoms with Crippen molar-refractivity contribution in [1.29, 1.82) is 0 Å². The van der Waals surface area contributed by atoms with Crippen molar-refractivity contribution in [3.63, 3.8) is 0 Å². The Labute approximate surface area is 233 Å². The zero-order chi connectivity index (χ0) is 27.3. The highest BCUT2D eigenvalue weighted by Gasteiger charge is 2.77. The molecule has 1 spiro atoms. The number of rotatable bonds is 14. The van der Waals surface area contributed by atoms with E-state index in [0.29, 0.717) is 52.1 Å². The molecule has 2 amide bonds. The van der Waals surface area contributed by atoms with E-state index < -0.39 is 35.6 Å². The number of unbranched alkanes of at least 4 members (excludes halogenated alkanes) is 1. The highest BCUT2D eigenvalue weighted by molar-refractivity contribution is 9.09. The van der Waals surface area contributed by atoms with Gasteiger partial charge in [-0.05, 0) is 25.7 Å². The molecule has 6 atom stereocenters. The number of hydrogen-bond donors (Lipinski definition) is 1. The Bertz CT molecular complexity index is 898. The maximum atomic E-state index is 14.2. The van der Waals surface area contributed by atoms with Gasteiger partial charge in [0.25, 0.3) is 0 Å². The Balaban J connectivity index is 1.59. The van der Waals surface area contributed by atoms with E-state index in [1.165, 1.54) is 4.90 Å². The highest BCUT2D eigenvalue weighted by atomic mass is 79.9. The molecule has 4 aliphatic heterocycles. The number of hydrogen-bond acceptors (Lipinski definition) is 8. The van der Waals surface area contributed by atoms with Gasteiger partial charge in [-0.2, -0.15) is 0 Å². The first-order chi connectivity index (χ1) is 18.4. The van der Waals surface area contributed by atoms with Crippen LogP contribution in [-0.4, -0.2) is 126 Å². The van der Waals surface area contributed by atoms with Crippen LogP contribution in [-0.2, 0) is 28.6 Å². The molecule has 0 saturated carbocycles. The standard InChI is InChI=1S/C27H40BrN3O7/c1-3-5-6-15-37-26(35)20-21-24(33)31(9-7-14-32)23(27(21)18-19(28)22(20)38-27)25(34)30(8-4-2)11-10-29-12-16-36-17-13-29/h3-4,19-23,32H,1-2,5-18H2/t19?,20-,21+,22-,23?,27?/m1/s1. The van der Waals surface area contributed by atoms with Gasteiger partial charge in [0.05, 0.1) is 37.8 Å². The molecule has 3 unspecified atom stereocenters. The fourth-order valence-corrected chi connectivity index (χ4v) is 7.31. The summed E-state index contributed by atoms with van der Waals surface area (Å²) in [6, 6.07) is -0.889. The number of aliphatic hydroxyl groups is 1. The van der Waals surface area contributed by atoms with Crippen LogP contribution in [0.3, 0.4) is 0 Å². The summed E-state index contributed by atoms with van der Waals surface area (Å²) in [7, 11) is 0. The Hall–Kier alpha value is -1.79. The van der Waals surface area contributed by atoms with Crippen molar-refractivity contribution >= 4 is 33.7 Å². The van der Waals surface area contributed by atoms with Crippen molar-refractivity contribution < 1.29 is 33.7 Å². The fraction of sp³-hybridized carbons (Fsp3) is 0.741. The van der Waals surface area contributed by atoms with Gasteiger partial charge in [0.15, 0.2) is 0 Å². The number of allylic oxidation sites excluding steroid dienone is 1. The summed E-state index contributed by atoms with van der Waals surface area (Å²) < 4.78 is 17.5. The summed E-state index contributed by atoms with van der Waals surface area (Å²) in [5.74, 6) is -2.55. The topological polar surface area (TPSA) is 109 Å². The molecule has 4 rings (SSSR count). The van der Waals surface area contributed by atoms with Crippen LogP contribution in [0.5, 0.6) is 0 Å². The van der Waals surface area contributed by atoms with E-state index in [-0.39, 0.29) is 36.4 Å². The summed E-state index contributed by atoms with van der Waals surface area (Å²) in [5.41, 5.74) is -1.13. The van der Waals surface area contributed by atoms with E-state index in [4.69, 9.17) is 14.2 Å². The number of alkyl halides is 1. The number of halogens is 1. The normalized spacial score (nSPS) is 32.3. The average Bonchev–Trinajstić information content (AvgIpc) is 3.51. The van der Waals surface area contributed by atoms with Gasteiger partial charge in [-0.25, -0.2) is 0 Å². The van der Waals surface area contributed by atoms with Crippen molar-refractivity contribution in [2.45, 2.75) is 48.3 Å². The van der Waals surface area contributed by atoms with Gasteiger partial charge in [-0.15, -0.1) is 13.2 Å². The van der Waals surface area contributed by atoms with E-state index in [0.717, 1.165) is 19.5 Å². The molecule has 1 N–H and O–H groups in total. The number of ether oxygens (including phenoxy) is 3. The number of carbonyl (C=O) groups is 3. The maximum absolute atomic E-state index is 14.2. The molecular formula is C27H40BrN3O7. The van der Waals surface area contributed by atoms with Crippen molar-refractivity contribution in [3.8, 4) is 0 Å². The van der Waals surface area contributed by atoms with Crippen molar-refractivity contribution in [2.24, 2.45) is 11.8 Å². The van der Waals surface area contributed by atoms with Crippen molar-refractivity contribution in [2.75, 3.05) is 65.7 Å². The number of amides is 2. The second-order valence-corrected chi connectivity index (χ2v) is 11.6. The number of morpholine rings is 1. The van der Waals surface area contributed by atoms with E-state index >= 15 is 0 Å². The molecule has 4 heterocycles. The van der Waals surface area contributed by atoms with Gasteiger partial charge < -0.3 is 29.1 Å². The Morgan fingerprint density at radius 1 is 1.21 bits per heavy atom. The summed E-state index contributed by atoms with van der Waals surface area (Å²) in [5, 5.41) is 9.53. The predicted octanol–water partition coefficient (Wildman–Crippen LogP) is 0.973. The number of nitrogens with zero attached hydrogens (tertiary/aromatic N) is 3. The second-order valence-electron chi connectivity index (χ2n) is 10.4. The van der Waals surface area contributed by atoms with Gasteiger partial charge in [-0.1, -0.05) is 28.1 Å². The monoisotopic (exact) mass is 597 g/mol. The number of fused-ring (bicyclic) bond motifs is 1. The minimum Gasteiger partial charge on any atom is -0.465 e. The third-order valence-corrected chi connectivity index (χ3v) is 8.95. The molecule has 0 radical (unpaired) electrons. The Morgan fingerprint density at radius 3 is 2.66 bits per heavy atom. The first-order valence-corrected chi connectivity index (χ1v) is 14.5. The predicted molar refractivity (Wildman–Crippen MR) is 144 cm³/mol. The molecule has 0 aliphatic carbocycles. The van der Waals surface area contributed by atoms with Crippen LogP contribution < -0.4 is 0 Å². The summed E-state index contributed by atoms with van der Waals surface area (Å²) in [4.78, 5) is 46.7. The lowest BCUT2D eigenvalue weighted by Crippen LogP contribution is -2.57. The molecule has 2 bridgehead atoms. The van der Waals surface area contributed by atoms with Gasteiger partial charge in [0.2, 0.25) is 11.8 Å². The fourth-order valence-electron chi connectivity index (χ4n) is 6.36. The SMILES string of the molecule is C=CCCCOC(=O)[C@H]1[C@@H]2OC3(CC2Br)C(C(=O)N(CC=C)CCN2CCOCC2)N(CCCO)C(=O)[C@H]13. The van der Waals surface area contributed by atoms with Crippen LogP contribution in [0.1, 0.15) is 25.7 Å². The lowest BCUT2D eigenvalue weighted by molar-refractivity contribution is -0.155. The van der Waals surface area contributed by atoms with E-state index in [1.54, 1.807) is 17.1 Å². The highest BCUT2D eigenvalue weighted by Crippen LogP contribution is 2.60. The first kappa shape index (κ1) is 29.2. The molecule has 10 nitrogen and oxygen atoms in total. The molecule has 4 saturated heterocycles. The van der Waals surface area contributed by atoms with Crippen LogP contribution >= 0.6 is 15.9 Å². The van der Waals surface area contributed by atoms with Crippen molar-refractivity contribution in [1.82, 2.24) is 14.7 Å². The molecule has 4 aliphatic rings. The van der Waals surface area contributed by atoms with Gasteiger partial charge >= 0.3 is 5.97 Å². The van der Waals surface area contributed by atoms with Crippen LogP contribution in [0.25, 0.3) is 0 Å². The van der Waals surface area contributed by atoms with E-state index in [1.807, 2.05) is 0 Å². The second kappa shape index (κ2) is 13.0. The van der Waals surface area contributed by atoms with Gasteiger partial charge in [0, 0.05) is 50.7 Å². The zero-order valence-corrected chi connectivity index (χ0v) is 23.6. The largest absolute Gasteiger partial charge is 0.465 e. The number of likely N-dealkylation sites (tertiary alicyclic amines) is 1. The lowest BCUT2D eigenvalue weighted by Gasteiger charge is -2.38. The van der Waals surface area contributed by atoms with Crippen LogP contribution in [0.15, 0.2) is 25.3 Å². The lowest BCUT2D eigenvalue weighted by atomic mass is 9.70. The molecular weight excluding hydrogens is 558 g/mol. The smallest absolute Gasteiger partial charge is 0.312 e. The van der Waals surface area contributed by atoms with Gasteiger partial charge in [0.1, 0.15) is 11.6 Å². The molecule has 11 heteroatoms. The number of esters is 1. The zero-order valence-electron chi connectivity index (χ0n) is 22.0. The van der Waals surface area contributed by atoms with E-state index in [9.17, 15) is 19.5 Å². The quantitative estimate of drug-likeness (QED) is 0.137. The molecule has 212 valence electrons. The number of aliphatic hydroxyl groups excluding tert-OH is 1. The summed E-state index contributed by atoms with van der Waals surface area (Å²) >= 11 is 3.67. The van der Waals surface area contributed by atoms with E-state index in [2.05, 4.69) is 34.0 Å². The molecule has 38 heavy (non-hydrogen) atoms.